The summed E-state index contributed by atoms with van der Waals surface area (Å²) in [6.45, 7) is 9.96. The van der Waals surface area contributed by atoms with Crippen LogP contribution in [0.15, 0.2) is 16.9 Å². The summed E-state index contributed by atoms with van der Waals surface area (Å²) < 4.78 is 3.41. The van der Waals surface area contributed by atoms with Crippen molar-refractivity contribution in [2.75, 3.05) is 13.1 Å². The van der Waals surface area contributed by atoms with E-state index in [1.165, 1.54) is 0 Å². The molecular weight excluding hydrogens is 386 g/mol. The second kappa shape index (κ2) is 7.99. The van der Waals surface area contributed by atoms with Crippen LogP contribution in [0, 0.1) is 5.41 Å². The molecular formula is C21H31N5O2S. The van der Waals surface area contributed by atoms with Gasteiger partial charge in [-0.15, -0.1) is 0 Å². The van der Waals surface area contributed by atoms with Crippen LogP contribution in [0.3, 0.4) is 0 Å². The van der Waals surface area contributed by atoms with Crippen molar-refractivity contribution in [3.63, 3.8) is 0 Å². The Morgan fingerprint density at radius 3 is 2.69 bits per heavy atom. The first-order valence-corrected chi connectivity index (χ1v) is 10.6. The number of likely N-dealkylation sites (tertiary alicyclic amines) is 1. The summed E-state index contributed by atoms with van der Waals surface area (Å²) in [5.41, 5.74) is 8.16. The van der Waals surface area contributed by atoms with E-state index >= 15 is 0 Å². The smallest absolute Gasteiger partial charge is 0.330 e. The van der Waals surface area contributed by atoms with Gasteiger partial charge in [0.1, 0.15) is 0 Å². The van der Waals surface area contributed by atoms with Crippen LogP contribution in [0.5, 0.6) is 0 Å². The second-order valence-electron chi connectivity index (χ2n) is 9.31. The summed E-state index contributed by atoms with van der Waals surface area (Å²) in [5.74, 6) is -0.0291. The molecule has 0 aliphatic carbocycles. The van der Waals surface area contributed by atoms with Gasteiger partial charge >= 0.3 is 5.69 Å². The van der Waals surface area contributed by atoms with Crippen molar-refractivity contribution >= 4 is 34.2 Å². The highest BCUT2D eigenvalue weighted by Gasteiger charge is 2.29. The van der Waals surface area contributed by atoms with E-state index in [-0.39, 0.29) is 27.8 Å². The third kappa shape index (κ3) is 4.43. The number of nitrogens with zero attached hydrogens (tertiary/aromatic N) is 4. The molecule has 158 valence electrons. The number of amides is 1. The number of aryl methyl sites for hydroxylation is 1. The first-order valence-electron chi connectivity index (χ1n) is 10.1. The van der Waals surface area contributed by atoms with E-state index in [1.54, 1.807) is 28.0 Å². The van der Waals surface area contributed by atoms with Crippen LogP contribution in [0.25, 0.3) is 11.2 Å². The molecule has 1 aliphatic rings. The normalized spacial score (nSPS) is 18.8. The van der Waals surface area contributed by atoms with Gasteiger partial charge in [0.15, 0.2) is 5.65 Å². The SMILES string of the molecule is CC(N)C(=S)C(=O)N1CCCC(c2ccc3c(n2)n(C)c(=O)n3CC(C)(C)C)C1. The van der Waals surface area contributed by atoms with Gasteiger partial charge in [-0.2, -0.15) is 0 Å². The number of hydrogen-bond donors (Lipinski definition) is 1. The zero-order valence-electron chi connectivity index (χ0n) is 17.9. The lowest BCUT2D eigenvalue weighted by molar-refractivity contribution is -0.125. The van der Waals surface area contributed by atoms with Gasteiger partial charge in [-0.3, -0.25) is 13.9 Å². The van der Waals surface area contributed by atoms with Gasteiger partial charge in [-0.05, 0) is 37.3 Å². The number of carbonyl (C=O) groups excluding carboxylic acids is 1. The number of rotatable bonds is 4. The van der Waals surface area contributed by atoms with Crippen molar-refractivity contribution in [2.24, 2.45) is 18.2 Å². The number of pyridine rings is 1. The standard InChI is InChI=1S/C21H31N5O2S/c1-13(22)17(29)19(27)25-10-6-7-14(11-25)15-8-9-16-18(23-15)24(5)20(28)26(16)12-21(2,3)4/h8-9,13-14H,6-7,10-12,22H2,1-5H3. The second-order valence-corrected chi connectivity index (χ2v) is 9.75. The molecule has 2 aromatic rings. The zero-order chi connectivity index (χ0) is 21.5. The molecule has 3 rings (SSSR count). The van der Waals surface area contributed by atoms with E-state index in [9.17, 15) is 9.59 Å². The highest BCUT2D eigenvalue weighted by Crippen LogP contribution is 2.28. The zero-order valence-corrected chi connectivity index (χ0v) is 18.8. The minimum atomic E-state index is -0.426. The number of imidazole rings is 1. The Balaban J connectivity index is 1.91. The van der Waals surface area contributed by atoms with Gasteiger partial charge in [0.05, 0.1) is 10.4 Å². The molecule has 0 saturated carbocycles. The highest BCUT2D eigenvalue weighted by atomic mass is 32.1. The van der Waals surface area contributed by atoms with E-state index < -0.39 is 6.04 Å². The Hall–Kier alpha value is -2.06. The summed E-state index contributed by atoms with van der Waals surface area (Å²) in [7, 11) is 1.76. The van der Waals surface area contributed by atoms with E-state index in [1.807, 2.05) is 12.1 Å². The highest BCUT2D eigenvalue weighted by molar-refractivity contribution is 7.82. The topological polar surface area (TPSA) is 86.2 Å². The lowest BCUT2D eigenvalue weighted by Crippen LogP contribution is -2.46. The van der Waals surface area contributed by atoms with E-state index in [2.05, 4.69) is 20.8 Å². The molecule has 2 N–H and O–H groups in total. The number of hydrogen-bond acceptors (Lipinski definition) is 5. The molecule has 1 amide bonds. The molecule has 2 atom stereocenters. The molecule has 0 spiro atoms. The summed E-state index contributed by atoms with van der Waals surface area (Å²) in [4.78, 5) is 32.2. The van der Waals surface area contributed by atoms with Crippen LogP contribution in [0.2, 0.25) is 0 Å². The minimum absolute atomic E-state index is 0.0143. The van der Waals surface area contributed by atoms with Gasteiger partial charge in [0.25, 0.3) is 5.91 Å². The molecule has 29 heavy (non-hydrogen) atoms. The molecule has 3 heterocycles. The van der Waals surface area contributed by atoms with Crippen LogP contribution >= 0.6 is 12.2 Å². The number of aromatic nitrogens is 3. The van der Waals surface area contributed by atoms with Crippen LogP contribution in [-0.2, 0) is 18.4 Å². The molecule has 1 fully saturated rings. The first kappa shape index (κ1) is 21.6. The molecule has 7 nitrogen and oxygen atoms in total. The summed E-state index contributed by atoms with van der Waals surface area (Å²) >= 11 is 5.20. The Morgan fingerprint density at radius 1 is 1.38 bits per heavy atom. The van der Waals surface area contributed by atoms with E-state index in [0.717, 1.165) is 24.1 Å². The number of fused-ring (bicyclic) bond motifs is 1. The fourth-order valence-corrected chi connectivity index (χ4v) is 4.03. The van der Waals surface area contributed by atoms with Gasteiger partial charge in [-0.1, -0.05) is 33.0 Å². The summed E-state index contributed by atoms with van der Waals surface area (Å²) in [6.07, 6.45) is 1.84. The lowest BCUT2D eigenvalue weighted by atomic mass is 9.93. The number of thiocarbonyl (C=S) groups is 1. The molecule has 1 saturated heterocycles. The van der Waals surface area contributed by atoms with Crippen LogP contribution in [0.4, 0.5) is 0 Å². The molecule has 0 radical (unpaired) electrons. The Bertz CT molecular complexity index is 999. The third-order valence-electron chi connectivity index (χ3n) is 5.39. The van der Waals surface area contributed by atoms with Crippen molar-refractivity contribution < 1.29 is 4.79 Å². The fourth-order valence-electron chi connectivity index (χ4n) is 3.90. The number of piperidine rings is 1. The van der Waals surface area contributed by atoms with Crippen LogP contribution in [-0.4, -0.2) is 48.9 Å². The maximum absolute atomic E-state index is 12.7. The average molecular weight is 418 g/mol. The Kier molecular flexibility index (Phi) is 5.96. The van der Waals surface area contributed by atoms with Crippen molar-refractivity contribution in [3.8, 4) is 0 Å². The Morgan fingerprint density at radius 2 is 2.07 bits per heavy atom. The van der Waals surface area contributed by atoms with E-state index in [0.29, 0.717) is 25.3 Å². The molecule has 8 heteroatoms. The van der Waals surface area contributed by atoms with Gasteiger partial charge in [-0.25, -0.2) is 9.78 Å². The lowest BCUT2D eigenvalue weighted by Gasteiger charge is -2.33. The molecule has 2 aromatic heterocycles. The monoisotopic (exact) mass is 417 g/mol. The molecule has 0 bridgehead atoms. The quantitative estimate of drug-likeness (QED) is 0.771. The average Bonchev–Trinajstić information content (AvgIpc) is 2.90. The van der Waals surface area contributed by atoms with Crippen molar-refractivity contribution in [1.82, 2.24) is 19.0 Å². The van der Waals surface area contributed by atoms with Gasteiger partial charge in [0, 0.05) is 44.3 Å². The number of carbonyl (C=O) groups is 1. The summed E-state index contributed by atoms with van der Waals surface area (Å²) in [5, 5.41) is 0. The largest absolute Gasteiger partial charge is 0.337 e. The predicted molar refractivity (Wildman–Crippen MR) is 119 cm³/mol. The Labute approximate surface area is 176 Å². The van der Waals surface area contributed by atoms with Crippen molar-refractivity contribution in [2.45, 2.75) is 59.0 Å². The van der Waals surface area contributed by atoms with Crippen LogP contribution in [0.1, 0.15) is 52.1 Å². The first-order chi connectivity index (χ1) is 13.5. The molecule has 1 aliphatic heterocycles. The maximum atomic E-state index is 12.7. The van der Waals surface area contributed by atoms with E-state index in [4.69, 9.17) is 22.9 Å². The number of nitrogens with two attached hydrogens (primary N) is 1. The summed E-state index contributed by atoms with van der Waals surface area (Å²) in [6, 6.07) is 3.55. The van der Waals surface area contributed by atoms with Gasteiger partial charge in [0.2, 0.25) is 0 Å². The minimum Gasteiger partial charge on any atom is -0.337 e. The molecule has 2 unspecified atom stereocenters. The maximum Gasteiger partial charge on any atom is 0.330 e. The van der Waals surface area contributed by atoms with Gasteiger partial charge < -0.3 is 10.6 Å². The third-order valence-corrected chi connectivity index (χ3v) is 5.93. The van der Waals surface area contributed by atoms with Crippen LogP contribution < -0.4 is 11.4 Å². The molecule has 0 aromatic carbocycles. The van der Waals surface area contributed by atoms with Crippen molar-refractivity contribution in [3.05, 3.63) is 28.3 Å². The predicted octanol–water partition coefficient (Wildman–Crippen LogP) is 2.20. The van der Waals surface area contributed by atoms with Crippen molar-refractivity contribution in [1.29, 1.82) is 0 Å². The fraction of sp³-hybridized carbons (Fsp3) is 0.619.